The Hall–Kier alpha value is -1.57. The van der Waals surface area contributed by atoms with E-state index in [1.54, 1.807) is 12.1 Å². The van der Waals surface area contributed by atoms with Crippen LogP contribution in [0, 0.1) is 0 Å². The predicted octanol–water partition coefficient (Wildman–Crippen LogP) is 8.52. The number of benzene rings is 1. The number of nitrogen functional groups attached to an aromatic ring is 1. The van der Waals surface area contributed by atoms with Gasteiger partial charge in [-0.2, -0.15) is 0 Å². The summed E-state index contributed by atoms with van der Waals surface area (Å²) in [5.41, 5.74) is 7.16. The minimum Gasteiger partial charge on any atom is -0.399 e. The van der Waals surface area contributed by atoms with Gasteiger partial charge in [0.15, 0.2) is 5.78 Å². The number of carbonyl (C=O) groups is 1. The number of hydrogen-bond donors (Lipinski definition) is 1. The molecule has 160 valence electrons. The molecule has 0 saturated heterocycles. The Kier molecular flexibility index (Phi) is 19.0. The van der Waals surface area contributed by atoms with Crippen molar-refractivity contribution < 1.29 is 4.79 Å². The molecule has 0 unspecified atom stereocenters. The van der Waals surface area contributed by atoms with Crippen LogP contribution in [0.3, 0.4) is 0 Å². The summed E-state index contributed by atoms with van der Waals surface area (Å²) in [5, 5.41) is 0. The molecule has 0 aromatic heterocycles. The fourth-order valence-electron chi connectivity index (χ4n) is 3.47. The van der Waals surface area contributed by atoms with Gasteiger partial charge in [0.25, 0.3) is 0 Å². The van der Waals surface area contributed by atoms with Gasteiger partial charge in [0.2, 0.25) is 0 Å². The van der Waals surface area contributed by atoms with Gasteiger partial charge in [-0.05, 0) is 30.7 Å². The summed E-state index contributed by atoms with van der Waals surface area (Å²) in [7, 11) is 0. The second-order valence-corrected chi connectivity index (χ2v) is 7.74. The molecule has 0 saturated carbocycles. The smallest absolute Gasteiger partial charge is 0.162 e. The molecule has 2 N–H and O–H groups in total. The second kappa shape index (κ2) is 20.2. The van der Waals surface area contributed by atoms with Gasteiger partial charge >= 0.3 is 0 Å². The van der Waals surface area contributed by atoms with E-state index < -0.39 is 0 Å². The first-order chi connectivity index (χ1) is 13.7. The van der Waals surface area contributed by atoms with Gasteiger partial charge in [0.1, 0.15) is 0 Å². The summed E-state index contributed by atoms with van der Waals surface area (Å²) in [6.07, 6.45) is 21.0. The maximum atomic E-state index is 12.0. The highest BCUT2D eigenvalue weighted by Crippen LogP contribution is 2.15. The molecule has 1 aromatic rings. The molecule has 1 aromatic carbocycles. The van der Waals surface area contributed by atoms with Gasteiger partial charge in [-0.25, -0.2) is 0 Å². The van der Waals surface area contributed by atoms with E-state index >= 15 is 0 Å². The first-order valence-corrected chi connectivity index (χ1v) is 11.6. The summed E-state index contributed by atoms with van der Waals surface area (Å²) in [6, 6.07) is 7.28. The monoisotopic (exact) mass is 387 g/mol. The Morgan fingerprint density at radius 1 is 0.679 bits per heavy atom. The molecule has 0 aliphatic rings. The highest BCUT2D eigenvalue weighted by Gasteiger charge is 2.04. The van der Waals surface area contributed by atoms with Crippen LogP contribution in [-0.4, -0.2) is 5.78 Å². The van der Waals surface area contributed by atoms with Crippen molar-refractivity contribution in [3.63, 3.8) is 0 Å². The van der Waals surface area contributed by atoms with Crippen molar-refractivity contribution in [3.05, 3.63) is 43.0 Å². The zero-order valence-corrected chi connectivity index (χ0v) is 18.5. The van der Waals surface area contributed by atoms with E-state index in [-0.39, 0.29) is 5.78 Å². The molecule has 0 radical (unpaired) electrons. The summed E-state index contributed by atoms with van der Waals surface area (Å²) < 4.78 is 0. The number of unbranched alkanes of at least 4 members (excludes halogenated alkanes) is 14. The molecule has 0 aliphatic carbocycles. The van der Waals surface area contributed by atoms with Crippen LogP contribution in [0.25, 0.3) is 0 Å². The number of hydrogen-bond acceptors (Lipinski definition) is 2. The average molecular weight is 388 g/mol. The molecule has 0 spiro atoms. The van der Waals surface area contributed by atoms with Crippen LogP contribution in [0.1, 0.15) is 120 Å². The van der Waals surface area contributed by atoms with Gasteiger partial charge in [0, 0.05) is 17.7 Å². The maximum absolute atomic E-state index is 12.0. The molecule has 0 heterocycles. The molecule has 0 amide bonds. The predicted molar refractivity (Wildman–Crippen MR) is 126 cm³/mol. The Morgan fingerprint density at radius 3 is 1.43 bits per heavy atom. The highest BCUT2D eigenvalue weighted by molar-refractivity contribution is 5.96. The van der Waals surface area contributed by atoms with Crippen molar-refractivity contribution in [2.75, 3.05) is 5.73 Å². The van der Waals surface area contributed by atoms with E-state index in [0.717, 1.165) is 12.0 Å². The molecule has 28 heavy (non-hydrogen) atoms. The molecular weight excluding hydrogens is 342 g/mol. The van der Waals surface area contributed by atoms with Crippen molar-refractivity contribution >= 4 is 11.5 Å². The van der Waals surface area contributed by atoms with E-state index in [1.807, 2.05) is 12.1 Å². The zero-order valence-electron chi connectivity index (χ0n) is 18.5. The van der Waals surface area contributed by atoms with Crippen molar-refractivity contribution in [1.29, 1.82) is 0 Å². The van der Waals surface area contributed by atoms with E-state index in [9.17, 15) is 4.79 Å². The summed E-state index contributed by atoms with van der Waals surface area (Å²) >= 11 is 0. The van der Waals surface area contributed by atoms with Crippen molar-refractivity contribution in [3.8, 4) is 0 Å². The van der Waals surface area contributed by atoms with Crippen molar-refractivity contribution in [2.24, 2.45) is 0 Å². The van der Waals surface area contributed by atoms with Crippen LogP contribution in [0.5, 0.6) is 0 Å². The molecule has 2 nitrogen and oxygen atoms in total. The Labute approximate surface area is 175 Å². The Bertz CT molecular complexity index is 466. The molecule has 2 heteroatoms. The minimum absolute atomic E-state index is 0.250. The van der Waals surface area contributed by atoms with Gasteiger partial charge in [-0.3, -0.25) is 4.79 Å². The van der Waals surface area contributed by atoms with E-state index in [0.29, 0.717) is 12.1 Å². The molecule has 0 atom stereocenters. The van der Waals surface area contributed by atoms with Crippen LogP contribution in [0.2, 0.25) is 0 Å². The number of ketones is 1. The lowest BCUT2D eigenvalue weighted by Gasteiger charge is -2.04. The van der Waals surface area contributed by atoms with Gasteiger partial charge < -0.3 is 5.73 Å². The average Bonchev–Trinajstić information content (AvgIpc) is 2.72. The van der Waals surface area contributed by atoms with Gasteiger partial charge in [-0.1, -0.05) is 96.8 Å². The highest BCUT2D eigenvalue weighted by atomic mass is 16.1. The topological polar surface area (TPSA) is 43.1 Å². The first kappa shape index (κ1) is 26.4. The zero-order chi connectivity index (χ0) is 20.9. The third-order valence-corrected chi connectivity index (χ3v) is 5.24. The number of carbonyl (C=O) groups excluding carboxylic acids is 1. The molecule has 0 bridgehead atoms. The molecular formula is C26H45NO. The summed E-state index contributed by atoms with van der Waals surface area (Å²) in [4.78, 5) is 12.0. The maximum Gasteiger partial charge on any atom is 0.162 e. The molecule has 0 aliphatic heterocycles. The third kappa shape index (κ3) is 15.5. The van der Waals surface area contributed by atoms with Crippen LogP contribution >= 0.6 is 0 Å². The van der Waals surface area contributed by atoms with Crippen molar-refractivity contribution in [2.45, 2.75) is 110 Å². The van der Waals surface area contributed by atoms with E-state index in [1.165, 1.54) is 89.9 Å². The number of nitrogens with two attached hydrogens (primary N) is 1. The summed E-state index contributed by atoms with van der Waals surface area (Å²) in [5.74, 6) is 0.250. The standard InChI is InChI=1S/C24H41NO.C2H4/c1-2-3-4-5-6-7-8-9-10-11-12-13-14-15-16-17-24(26)22-18-20-23(25)21-19-22;1-2/h18-21H,2-17,25H2,1H3;1-2H2. The van der Waals surface area contributed by atoms with Crippen LogP contribution in [-0.2, 0) is 0 Å². The normalized spacial score (nSPS) is 10.3. The van der Waals surface area contributed by atoms with Crippen molar-refractivity contribution in [1.82, 2.24) is 0 Å². The minimum atomic E-state index is 0.250. The van der Waals surface area contributed by atoms with Crippen LogP contribution in [0.15, 0.2) is 37.4 Å². The summed E-state index contributed by atoms with van der Waals surface area (Å²) in [6.45, 7) is 8.28. The Morgan fingerprint density at radius 2 is 1.04 bits per heavy atom. The first-order valence-electron chi connectivity index (χ1n) is 11.6. The lowest BCUT2D eigenvalue weighted by atomic mass is 10.0. The van der Waals surface area contributed by atoms with Gasteiger partial charge in [-0.15, -0.1) is 13.2 Å². The number of rotatable bonds is 17. The lowest BCUT2D eigenvalue weighted by Crippen LogP contribution is -1.99. The molecule has 0 fully saturated rings. The Balaban J connectivity index is 0.00000352. The van der Waals surface area contributed by atoms with Gasteiger partial charge in [0.05, 0.1) is 0 Å². The largest absolute Gasteiger partial charge is 0.399 e. The van der Waals surface area contributed by atoms with E-state index in [4.69, 9.17) is 5.73 Å². The van der Waals surface area contributed by atoms with Crippen LogP contribution in [0.4, 0.5) is 5.69 Å². The fourth-order valence-corrected chi connectivity index (χ4v) is 3.47. The molecule has 1 rings (SSSR count). The number of Topliss-reactive ketones (excluding diaryl/α,β-unsaturated/α-hetero) is 1. The lowest BCUT2D eigenvalue weighted by molar-refractivity contribution is 0.0979. The van der Waals surface area contributed by atoms with E-state index in [2.05, 4.69) is 20.1 Å². The fraction of sp³-hybridized carbons (Fsp3) is 0.654. The van der Waals surface area contributed by atoms with Crippen LogP contribution < -0.4 is 5.73 Å². The third-order valence-electron chi connectivity index (χ3n) is 5.24. The quantitative estimate of drug-likeness (QED) is 0.126. The second-order valence-electron chi connectivity index (χ2n) is 7.74. The SMILES string of the molecule is C=C.CCCCCCCCCCCCCCCCCC(=O)c1ccc(N)cc1. The number of anilines is 1.